The largest absolute Gasteiger partial charge is 0.474 e. The van der Waals surface area contributed by atoms with E-state index in [-0.39, 0.29) is 28.9 Å². The van der Waals surface area contributed by atoms with Gasteiger partial charge in [-0.3, -0.25) is 4.79 Å². The number of rotatable bonds is 2. The average Bonchev–Trinajstić information content (AvgIpc) is 2.91. The molecular formula is C16H16F3N3O2. The fourth-order valence-electron chi connectivity index (χ4n) is 3.47. The van der Waals surface area contributed by atoms with Gasteiger partial charge in [-0.15, -0.1) is 0 Å². The minimum Gasteiger partial charge on any atom is -0.474 e. The van der Waals surface area contributed by atoms with E-state index in [0.29, 0.717) is 32.0 Å². The van der Waals surface area contributed by atoms with Gasteiger partial charge in [0.25, 0.3) is 0 Å². The van der Waals surface area contributed by atoms with Gasteiger partial charge in [0.15, 0.2) is 0 Å². The number of carbonyl (C=O) groups excluding carboxylic acids is 1. The van der Waals surface area contributed by atoms with E-state index < -0.39 is 11.9 Å². The van der Waals surface area contributed by atoms with Crippen molar-refractivity contribution in [2.75, 3.05) is 13.1 Å². The molecule has 128 valence electrons. The summed E-state index contributed by atoms with van der Waals surface area (Å²) in [6.45, 7) is 2.91. The number of amides is 1. The number of likely N-dealkylation sites (tertiary alicyclic amines) is 1. The van der Waals surface area contributed by atoms with Crippen molar-refractivity contribution < 1.29 is 22.7 Å². The molecule has 0 radical (unpaired) electrons. The highest BCUT2D eigenvalue weighted by atomic mass is 19.4. The van der Waals surface area contributed by atoms with E-state index in [2.05, 4.69) is 4.98 Å². The maximum atomic E-state index is 12.8. The van der Waals surface area contributed by atoms with Gasteiger partial charge in [-0.2, -0.15) is 18.4 Å². The van der Waals surface area contributed by atoms with E-state index in [1.807, 2.05) is 0 Å². The van der Waals surface area contributed by atoms with Crippen LogP contribution in [0.3, 0.4) is 0 Å². The molecule has 0 unspecified atom stereocenters. The molecule has 24 heavy (non-hydrogen) atoms. The molecule has 0 bridgehead atoms. The minimum atomic E-state index is -4.63. The summed E-state index contributed by atoms with van der Waals surface area (Å²) in [7, 11) is 0. The van der Waals surface area contributed by atoms with Gasteiger partial charge in [0, 0.05) is 26.1 Å². The Morgan fingerprint density at radius 2 is 2.17 bits per heavy atom. The Morgan fingerprint density at radius 3 is 2.71 bits per heavy atom. The molecule has 8 heteroatoms. The maximum absolute atomic E-state index is 12.8. The molecule has 0 atom stereocenters. The number of hydrogen-bond acceptors (Lipinski definition) is 4. The van der Waals surface area contributed by atoms with Crippen LogP contribution < -0.4 is 4.74 Å². The minimum absolute atomic E-state index is 0.00995. The molecule has 1 saturated heterocycles. The predicted molar refractivity (Wildman–Crippen MR) is 76.9 cm³/mol. The third kappa shape index (κ3) is 3.16. The maximum Gasteiger partial charge on any atom is 0.433 e. The highest BCUT2D eigenvalue weighted by Gasteiger charge is 2.50. The third-order valence-corrected chi connectivity index (χ3v) is 4.71. The topological polar surface area (TPSA) is 66.2 Å². The van der Waals surface area contributed by atoms with Crippen molar-refractivity contribution in [3.05, 3.63) is 23.4 Å². The molecule has 3 rings (SSSR count). The number of nitriles is 1. The first kappa shape index (κ1) is 16.6. The van der Waals surface area contributed by atoms with Crippen LogP contribution in [0.25, 0.3) is 0 Å². The Labute approximate surface area is 137 Å². The second-order valence-electron chi connectivity index (χ2n) is 6.53. The van der Waals surface area contributed by atoms with Crippen LogP contribution in [0.4, 0.5) is 13.2 Å². The first-order chi connectivity index (χ1) is 11.2. The van der Waals surface area contributed by atoms with Crippen LogP contribution in [0.2, 0.25) is 0 Å². The van der Waals surface area contributed by atoms with Gasteiger partial charge in [-0.25, -0.2) is 4.98 Å². The number of halogens is 3. The molecule has 1 saturated carbocycles. The number of hydrogen-bond donors (Lipinski definition) is 0. The predicted octanol–water partition coefficient (Wildman–Crippen LogP) is 2.75. The molecular weight excluding hydrogens is 323 g/mol. The summed E-state index contributed by atoms with van der Waals surface area (Å²) in [5.41, 5.74) is -1.25. The molecule has 1 aromatic heterocycles. The smallest absolute Gasteiger partial charge is 0.433 e. The van der Waals surface area contributed by atoms with Crippen molar-refractivity contribution in [2.24, 2.45) is 5.41 Å². The van der Waals surface area contributed by atoms with E-state index in [1.165, 1.54) is 13.0 Å². The van der Waals surface area contributed by atoms with E-state index in [4.69, 9.17) is 10.00 Å². The molecule has 1 aliphatic heterocycles. The Balaban J connectivity index is 1.66. The Bertz CT molecular complexity index is 705. The lowest BCUT2D eigenvalue weighted by molar-refractivity contribution is -0.141. The summed E-state index contributed by atoms with van der Waals surface area (Å²) >= 11 is 0. The van der Waals surface area contributed by atoms with Crippen LogP contribution >= 0.6 is 0 Å². The van der Waals surface area contributed by atoms with Crippen molar-refractivity contribution in [1.82, 2.24) is 9.88 Å². The monoisotopic (exact) mass is 339 g/mol. The molecule has 2 aliphatic rings. The van der Waals surface area contributed by atoms with E-state index in [0.717, 1.165) is 6.42 Å². The molecule has 0 N–H and O–H groups in total. The summed E-state index contributed by atoms with van der Waals surface area (Å²) in [5.74, 6) is -0.142. The summed E-state index contributed by atoms with van der Waals surface area (Å²) < 4.78 is 44.0. The average molecular weight is 339 g/mol. The van der Waals surface area contributed by atoms with Crippen LogP contribution in [0.15, 0.2) is 12.1 Å². The van der Waals surface area contributed by atoms with Gasteiger partial charge in [0.1, 0.15) is 11.8 Å². The zero-order chi connectivity index (χ0) is 17.5. The Kier molecular flexibility index (Phi) is 3.90. The van der Waals surface area contributed by atoms with Gasteiger partial charge in [0.2, 0.25) is 11.8 Å². The normalized spacial score (nSPS) is 26.1. The number of alkyl halides is 3. The lowest BCUT2D eigenvalue weighted by Crippen LogP contribution is -2.46. The number of aromatic nitrogens is 1. The Hall–Kier alpha value is -2.30. The van der Waals surface area contributed by atoms with E-state index in [1.54, 1.807) is 11.0 Å². The van der Waals surface area contributed by atoms with Crippen molar-refractivity contribution >= 4 is 5.91 Å². The number of ether oxygens (including phenoxy) is 1. The van der Waals surface area contributed by atoms with Crippen LogP contribution in [0, 0.1) is 16.7 Å². The first-order valence-corrected chi connectivity index (χ1v) is 7.62. The van der Waals surface area contributed by atoms with Crippen LogP contribution in [0.1, 0.15) is 37.4 Å². The zero-order valence-electron chi connectivity index (χ0n) is 13.1. The highest BCUT2D eigenvalue weighted by Crippen LogP contribution is 2.49. The van der Waals surface area contributed by atoms with Crippen molar-refractivity contribution in [1.29, 1.82) is 5.26 Å². The summed E-state index contributed by atoms with van der Waals surface area (Å²) in [5, 5.41) is 8.87. The molecule has 1 aliphatic carbocycles. The van der Waals surface area contributed by atoms with Crippen molar-refractivity contribution in [2.45, 2.75) is 38.5 Å². The van der Waals surface area contributed by atoms with Gasteiger partial charge in [-0.05, 0) is 30.7 Å². The standard InChI is InChI=1S/C16H16F3N3O2/c1-10(23)22-3-2-15(9-22)6-12(7-15)24-14-5-11(8-20)4-13(21-14)16(17,18)19/h4-5,12H,2-3,6-7,9H2,1H3. The van der Waals surface area contributed by atoms with Gasteiger partial charge < -0.3 is 9.64 Å². The molecule has 1 amide bonds. The Morgan fingerprint density at radius 1 is 1.46 bits per heavy atom. The molecule has 2 fully saturated rings. The van der Waals surface area contributed by atoms with Crippen LogP contribution in [0.5, 0.6) is 5.88 Å². The molecule has 0 aromatic carbocycles. The number of nitrogens with zero attached hydrogens (tertiary/aromatic N) is 3. The number of carbonyl (C=O) groups is 1. The van der Waals surface area contributed by atoms with E-state index >= 15 is 0 Å². The number of pyridine rings is 1. The molecule has 1 aromatic rings. The molecule has 1 spiro atoms. The zero-order valence-corrected chi connectivity index (χ0v) is 13.1. The van der Waals surface area contributed by atoms with Gasteiger partial charge >= 0.3 is 6.18 Å². The third-order valence-electron chi connectivity index (χ3n) is 4.71. The highest BCUT2D eigenvalue weighted by molar-refractivity contribution is 5.73. The van der Waals surface area contributed by atoms with Gasteiger partial charge in [0.05, 0.1) is 11.6 Å². The second-order valence-corrected chi connectivity index (χ2v) is 6.53. The lowest BCUT2D eigenvalue weighted by atomic mass is 9.66. The fourth-order valence-corrected chi connectivity index (χ4v) is 3.47. The summed E-state index contributed by atoms with van der Waals surface area (Å²) in [4.78, 5) is 16.6. The first-order valence-electron chi connectivity index (χ1n) is 7.62. The lowest BCUT2D eigenvalue weighted by Gasteiger charge is -2.44. The van der Waals surface area contributed by atoms with Crippen LogP contribution in [-0.4, -0.2) is 35.0 Å². The van der Waals surface area contributed by atoms with Crippen LogP contribution in [-0.2, 0) is 11.0 Å². The van der Waals surface area contributed by atoms with Crippen molar-refractivity contribution in [3.8, 4) is 11.9 Å². The second kappa shape index (κ2) is 5.65. The van der Waals surface area contributed by atoms with Gasteiger partial charge in [-0.1, -0.05) is 0 Å². The molecule has 5 nitrogen and oxygen atoms in total. The summed E-state index contributed by atoms with van der Waals surface area (Å²) in [6.07, 6.45) is -2.63. The van der Waals surface area contributed by atoms with E-state index in [9.17, 15) is 18.0 Å². The SMILES string of the molecule is CC(=O)N1CCC2(CC(Oc3cc(C#N)cc(C(F)(F)F)n3)C2)C1. The van der Waals surface area contributed by atoms with Crippen molar-refractivity contribution in [3.63, 3.8) is 0 Å². The quantitative estimate of drug-likeness (QED) is 0.831. The molecule has 2 heterocycles. The summed E-state index contributed by atoms with van der Waals surface area (Å²) in [6, 6.07) is 3.62. The fraction of sp³-hybridized carbons (Fsp3) is 0.562.